The van der Waals surface area contributed by atoms with Crippen molar-refractivity contribution in [3.63, 3.8) is 0 Å². The third-order valence-corrected chi connectivity index (χ3v) is 7.20. The minimum Gasteiger partial charge on any atom is -0.478 e. The van der Waals surface area contributed by atoms with Crippen LogP contribution in [0, 0.1) is 0 Å². The number of rotatable bonds is 7. The molecule has 2 aromatic carbocycles. The Labute approximate surface area is 200 Å². The zero-order chi connectivity index (χ0) is 23.5. The van der Waals surface area contributed by atoms with Crippen LogP contribution < -0.4 is 4.90 Å². The largest absolute Gasteiger partial charge is 0.478 e. The molecule has 1 aliphatic carbocycles. The van der Waals surface area contributed by atoms with E-state index in [9.17, 15) is 9.90 Å². The van der Waals surface area contributed by atoms with Crippen LogP contribution in [0.4, 0.5) is 11.4 Å². The van der Waals surface area contributed by atoms with Gasteiger partial charge in [-0.25, -0.2) is 4.79 Å². The summed E-state index contributed by atoms with van der Waals surface area (Å²) in [5.74, 6) is -0.419. The van der Waals surface area contributed by atoms with E-state index in [4.69, 9.17) is 4.74 Å². The third kappa shape index (κ3) is 4.62. The molecule has 1 aromatic heterocycles. The highest BCUT2D eigenvalue weighted by Crippen LogP contribution is 2.39. The quantitative estimate of drug-likeness (QED) is 0.473. The molecule has 2 aliphatic rings. The topological polar surface area (TPSA) is 62.7 Å². The van der Waals surface area contributed by atoms with Crippen molar-refractivity contribution in [1.29, 1.82) is 0 Å². The lowest BCUT2D eigenvalue weighted by Crippen LogP contribution is -2.10. The van der Waals surface area contributed by atoms with E-state index in [0.717, 1.165) is 44.3 Å². The summed E-state index contributed by atoms with van der Waals surface area (Å²) in [6.45, 7) is 1.50. The summed E-state index contributed by atoms with van der Waals surface area (Å²) in [7, 11) is 2.12. The fraction of sp³-hybridized carbons (Fsp3) is 0.310. The fourth-order valence-corrected chi connectivity index (χ4v) is 5.20. The molecule has 5 heteroatoms. The number of carboxylic acids is 1. The number of aromatic carboxylic acids is 1. The molecule has 0 spiro atoms. The minimum absolute atomic E-state index is 0.365. The number of aryl methyl sites for hydroxylation is 2. The number of hydrogen-bond acceptors (Lipinski definition) is 4. The molecule has 174 valence electrons. The van der Waals surface area contributed by atoms with Gasteiger partial charge in [-0.2, -0.15) is 0 Å². The third-order valence-electron chi connectivity index (χ3n) is 7.20. The van der Waals surface area contributed by atoms with Crippen LogP contribution in [-0.4, -0.2) is 36.3 Å². The molecule has 5 rings (SSSR count). The maximum absolute atomic E-state index is 11.5. The molecule has 0 radical (unpaired) electrons. The molecule has 1 atom stereocenters. The van der Waals surface area contributed by atoms with Gasteiger partial charge in [0.2, 0.25) is 0 Å². The molecule has 3 aromatic rings. The molecule has 0 amide bonds. The second kappa shape index (κ2) is 9.82. The number of nitrogens with zero attached hydrogens (tertiary/aromatic N) is 2. The molecular weight excluding hydrogens is 424 g/mol. The molecule has 0 bridgehead atoms. The predicted octanol–water partition coefficient (Wildman–Crippen LogP) is 6.01. The van der Waals surface area contributed by atoms with Gasteiger partial charge in [0.1, 0.15) is 0 Å². The summed E-state index contributed by atoms with van der Waals surface area (Å²) in [6, 6.07) is 17.2. The standard InChI is InChI=1S/C29H30N2O3/c1-31(25-8-6-20(7-9-25)21-13-16-34-17-14-21)26-10-11-27-22(2-4-23(27)18-26)3-5-24-19-30-15-12-28(24)29(32)33/h6-13,15,18-19,22H,2-5,14,16-17H2,1H3,(H,32,33)/t22-/m0/s1. The van der Waals surface area contributed by atoms with Crippen molar-refractivity contribution in [2.45, 2.75) is 38.0 Å². The Morgan fingerprint density at radius 1 is 1.12 bits per heavy atom. The summed E-state index contributed by atoms with van der Waals surface area (Å²) >= 11 is 0. The highest BCUT2D eigenvalue weighted by molar-refractivity contribution is 5.89. The second-order valence-electron chi connectivity index (χ2n) is 9.16. The van der Waals surface area contributed by atoms with Crippen LogP contribution in [0.5, 0.6) is 0 Å². The average Bonchev–Trinajstić information content (AvgIpc) is 3.30. The lowest BCUT2D eigenvalue weighted by Gasteiger charge is -2.22. The smallest absolute Gasteiger partial charge is 0.336 e. The lowest BCUT2D eigenvalue weighted by molar-refractivity contribution is 0.0695. The lowest BCUT2D eigenvalue weighted by atomic mass is 9.93. The summed E-state index contributed by atoms with van der Waals surface area (Å²) in [5.41, 5.74) is 9.00. The Morgan fingerprint density at radius 2 is 1.94 bits per heavy atom. The van der Waals surface area contributed by atoms with Crippen molar-refractivity contribution in [2.75, 3.05) is 25.2 Å². The molecule has 1 N–H and O–H groups in total. The number of hydrogen-bond donors (Lipinski definition) is 1. The van der Waals surface area contributed by atoms with Gasteiger partial charge in [-0.15, -0.1) is 0 Å². The summed E-state index contributed by atoms with van der Waals surface area (Å²) in [4.78, 5) is 17.9. The Hall–Kier alpha value is -3.44. The van der Waals surface area contributed by atoms with Gasteiger partial charge in [0, 0.05) is 30.8 Å². The second-order valence-corrected chi connectivity index (χ2v) is 9.16. The first-order valence-corrected chi connectivity index (χ1v) is 12.0. The Balaban J connectivity index is 1.27. The molecule has 34 heavy (non-hydrogen) atoms. The van der Waals surface area contributed by atoms with Crippen molar-refractivity contribution in [1.82, 2.24) is 4.98 Å². The summed E-state index contributed by atoms with van der Waals surface area (Å²) in [5, 5.41) is 9.43. The van der Waals surface area contributed by atoms with E-state index in [1.165, 1.54) is 33.6 Å². The average molecular weight is 455 g/mol. The first-order chi connectivity index (χ1) is 16.6. The number of carbonyl (C=O) groups is 1. The molecule has 0 unspecified atom stereocenters. The monoisotopic (exact) mass is 454 g/mol. The highest BCUT2D eigenvalue weighted by Gasteiger charge is 2.24. The fourth-order valence-electron chi connectivity index (χ4n) is 5.20. The van der Waals surface area contributed by atoms with Crippen LogP contribution in [0.25, 0.3) is 5.57 Å². The Kier molecular flexibility index (Phi) is 6.45. The van der Waals surface area contributed by atoms with E-state index >= 15 is 0 Å². The van der Waals surface area contributed by atoms with Crippen LogP contribution in [0.1, 0.15) is 57.8 Å². The maximum atomic E-state index is 11.5. The zero-order valence-corrected chi connectivity index (χ0v) is 19.5. The number of benzene rings is 2. The van der Waals surface area contributed by atoms with E-state index in [-0.39, 0.29) is 0 Å². The normalized spacial score (nSPS) is 17.2. The van der Waals surface area contributed by atoms with Crippen molar-refractivity contribution < 1.29 is 14.6 Å². The van der Waals surface area contributed by atoms with E-state index in [1.54, 1.807) is 18.5 Å². The van der Waals surface area contributed by atoms with Gasteiger partial charge in [0.05, 0.1) is 18.8 Å². The van der Waals surface area contributed by atoms with Crippen LogP contribution in [0.3, 0.4) is 0 Å². The van der Waals surface area contributed by atoms with E-state index in [1.807, 2.05) is 0 Å². The van der Waals surface area contributed by atoms with Crippen molar-refractivity contribution in [3.05, 3.63) is 94.8 Å². The van der Waals surface area contributed by atoms with Gasteiger partial charge in [-0.05, 0) is 96.2 Å². The van der Waals surface area contributed by atoms with Gasteiger partial charge in [-0.3, -0.25) is 4.98 Å². The predicted molar refractivity (Wildman–Crippen MR) is 135 cm³/mol. The maximum Gasteiger partial charge on any atom is 0.336 e. The molecule has 0 fully saturated rings. The van der Waals surface area contributed by atoms with E-state index in [2.05, 4.69) is 65.5 Å². The van der Waals surface area contributed by atoms with Crippen molar-refractivity contribution in [3.8, 4) is 0 Å². The van der Waals surface area contributed by atoms with Gasteiger partial charge in [0.15, 0.2) is 0 Å². The van der Waals surface area contributed by atoms with Gasteiger partial charge >= 0.3 is 5.97 Å². The van der Waals surface area contributed by atoms with Gasteiger partial charge in [-0.1, -0.05) is 24.3 Å². The molecule has 0 saturated heterocycles. The number of fused-ring (bicyclic) bond motifs is 1. The molecule has 5 nitrogen and oxygen atoms in total. The molecule has 0 saturated carbocycles. The SMILES string of the molecule is CN(c1ccc(C2=CCOCC2)cc1)c1ccc2c(c1)CC[C@H]2CCc1cnccc1C(=O)O. The van der Waals surface area contributed by atoms with E-state index < -0.39 is 5.97 Å². The van der Waals surface area contributed by atoms with Crippen LogP contribution in [-0.2, 0) is 17.6 Å². The van der Waals surface area contributed by atoms with Gasteiger partial charge in [0.25, 0.3) is 0 Å². The number of aromatic nitrogens is 1. The number of ether oxygens (including phenoxy) is 1. The van der Waals surface area contributed by atoms with Crippen molar-refractivity contribution >= 4 is 22.9 Å². The molecular formula is C29H30N2O3. The Bertz CT molecular complexity index is 1220. The summed E-state index contributed by atoms with van der Waals surface area (Å²) in [6.07, 6.45) is 10.2. The molecule has 2 heterocycles. The Morgan fingerprint density at radius 3 is 2.71 bits per heavy atom. The van der Waals surface area contributed by atoms with Crippen LogP contribution >= 0.6 is 0 Å². The minimum atomic E-state index is -0.880. The molecule has 1 aliphatic heterocycles. The zero-order valence-electron chi connectivity index (χ0n) is 19.5. The highest BCUT2D eigenvalue weighted by atomic mass is 16.5. The van der Waals surface area contributed by atoms with Crippen LogP contribution in [0.15, 0.2) is 67.0 Å². The first kappa shape index (κ1) is 22.4. The number of anilines is 2. The summed E-state index contributed by atoms with van der Waals surface area (Å²) < 4.78 is 5.43. The van der Waals surface area contributed by atoms with Crippen molar-refractivity contribution in [2.24, 2.45) is 0 Å². The van der Waals surface area contributed by atoms with Gasteiger partial charge < -0.3 is 14.7 Å². The number of carboxylic acid groups (broad SMARTS) is 1. The van der Waals surface area contributed by atoms with E-state index in [0.29, 0.717) is 18.1 Å². The van der Waals surface area contributed by atoms with Crippen LogP contribution in [0.2, 0.25) is 0 Å². The first-order valence-electron chi connectivity index (χ1n) is 12.0. The number of pyridine rings is 1.